The lowest BCUT2D eigenvalue weighted by atomic mass is 9.87. The number of nitrogens with zero attached hydrogens (tertiary/aromatic N) is 1. The topological polar surface area (TPSA) is 104 Å². The molecule has 0 saturated heterocycles. The number of H-pyrrole nitrogens is 1. The van der Waals surface area contributed by atoms with Crippen molar-refractivity contribution in [2.45, 2.75) is 37.5 Å². The van der Waals surface area contributed by atoms with Crippen LogP contribution in [0.25, 0.3) is 10.9 Å². The first-order valence-corrected chi connectivity index (χ1v) is 11.5. The fourth-order valence-electron chi connectivity index (χ4n) is 4.61. The first-order valence-electron chi connectivity index (χ1n) is 11.5. The number of rotatable bonds is 7. The summed E-state index contributed by atoms with van der Waals surface area (Å²) in [5.41, 5.74) is 1.97. The Morgan fingerprint density at radius 3 is 2.65 bits per heavy atom. The van der Waals surface area contributed by atoms with E-state index < -0.39 is 10.8 Å². The highest BCUT2D eigenvalue weighted by molar-refractivity contribution is 6.02. The van der Waals surface area contributed by atoms with Crippen molar-refractivity contribution in [1.29, 1.82) is 0 Å². The number of carbonyl (C=O) groups excluding carboxylic acids is 2. The Bertz CT molecular complexity index is 1280. The zero-order chi connectivity index (χ0) is 24.1. The Balaban J connectivity index is 0.00000289. The van der Waals surface area contributed by atoms with E-state index in [1.807, 2.05) is 56.3 Å². The lowest BCUT2D eigenvalue weighted by Gasteiger charge is -2.28. The number of nitrogens with one attached hydrogen (secondary N) is 2. The predicted molar refractivity (Wildman–Crippen MR) is 130 cm³/mol. The molecule has 2 aliphatic rings. The molecule has 0 radical (unpaired) electrons. The van der Waals surface area contributed by atoms with Gasteiger partial charge in [0.2, 0.25) is 18.6 Å². The minimum Gasteiger partial charge on any atom is -0.454 e. The molecule has 180 valence electrons. The molecule has 0 unspecified atom stereocenters. The summed E-state index contributed by atoms with van der Waals surface area (Å²) in [6.45, 7) is 4.13. The molecule has 5 rings (SSSR count). The molecule has 0 atom stereocenters. The van der Waals surface area contributed by atoms with E-state index in [2.05, 4.69) is 10.3 Å². The maximum atomic E-state index is 13.3. The van der Waals surface area contributed by atoms with E-state index in [-0.39, 0.29) is 33.2 Å². The van der Waals surface area contributed by atoms with Crippen LogP contribution in [0.4, 0.5) is 5.69 Å². The lowest BCUT2D eigenvalue weighted by molar-refractivity contribution is -0.135. The number of aliphatic hydroxyl groups is 1. The van der Waals surface area contributed by atoms with Crippen molar-refractivity contribution < 1.29 is 25.6 Å². The molecule has 34 heavy (non-hydrogen) atoms. The van der Waals surface area contributed by atoms with Gasteiger partial charge in [0.25, 0.3) is 0 Å². The van der Waals surface area contributed by atoms with E-state index in [1.165, 1.54) is 4.90 Å². The van der Waals surface area contributed by atoms with Crippen LogP contribution < -0.4 is 14.8 Å². The summed E-state index contributed by atoms with van der Waals surface area (Å²) in [5, 5.41) is 13.2. The number of likely N-dealkylation sites (N-methyl/N-ethyl adjacent to an activating group) is 1. The normalized spacial score (nSPS) is 15.9. The van der Waals surface area contributed by atoms with Crippen molar-refractivity contribution in [3.63, 3.8) is 0 Å². The molecule has 8 heteroatoms. The van der Waals surface area contributed by atoms with Crippen molar-refractivity contribution in [2.24, 2.45) is 0 Å². The molecule has 1 aromatic heterocycles. The van der Waals surface area contributed by atoms with Gasteiger partial charge < -0.3 is 29.8 Å². The van der Waals surface area contributed by atoms with Gasteiger partial charge in [-0.05, 0) is 68.7 Å². The second-order valence-corrected chi connectivity index (χ2v) is 9.66. The molecule has 1 saturated carbocycles. The Hall–Kier alpha value is -3.52. The summed E-state index contributed by atoms with van der Waals surface area (Å²) in [4.78, 5) is 31.0. The van der Waals surface area contributed by atoms with Crippen molar-refractivity contribution in [2.75, 3.05) is 32.3 Å². The fraction of sp³-hybridized carbons (Fsp3) is 0.385. The van der Waals surface area contributed by atoms with Gasteiger partial charge in [-0.25, -0.2) is 0 Å². The Labute approximate surface area is 199 Å². The Morgan fingerprint density at radius 1 is 1.15 bits per heavy atom. The second kappa shape index (κ2) is 8.06. The van der Waals surface area contributed by atoms with Gasteiger partial charge in [0.1, 0.15) is 0 Å². The SMILES string of the molecule is CN(CCO)C(=O)C(C)(C)c1cc2cc(NC(=O)C3(c4ccc5c(c4)OCO5)CC3)ccc2[nH]1.[HH]. The molecule has 1 fully saturated rings. The van der Waals surface area contributed by atoms with Crippen molar-refractivity contribution in [1.82, 2.24) is 9.88 Å². The molecule has 0 bridgehead atoms. The lowest BCUT2D eigenvalue weighted by Crippen LogP contribution is -2.42. The smallest absolute Gasteiger partial charge is 0.235 e. The van der Waals surface area contributed by atoms with Gasteiger partial charge in [-0.15, -0.1) is 0 Å². The molecular formula is C26H31N3O5. The average Bonchev–Trinajstić information content (AvgIpc) is 3.30. The number of ether oxygens (including phenoxy) is 2. The molecule has 2 heterocycles. The summed E-state index contributed by atoms with van der Waals surface area (Å²) in [5.74, 6) is 1.26. The van der Waals surface area contributed by atoms with Gasteiger partial charge in [-0.3, -0.25) is 9.59 Å². The third-order valence-electron chi connectivity index (χ3n) is 6.98. The zero-order valence-electron chi connectivity index (χ0n) is 19.6. The summed E-state index contributed by atoms with van der Waals surface area (Å²) in [7, 11) is 1.68. The molecule has 2 aromatic carbocycles. The van der Waals surface area contributed by atoms with Crippen LogP contribution >= 0.6 is 0 Å². The molecule has 1 aliphatic heterocycles. The van der Waals surface area contributed by atoms with Crippen molar-refractivity contribution in [3.05, 3.63) is 53.7 Å². The standard InChI is InChI=1S/C26H29N3O5.H2/c1-25(2,24(32)29(3)10-11-30)22-13-16-12-18(5-6-19(16)28-22)27-23(31)26(8-9-26)17-4-7-20-21(14-17)34-15-33-20;/h4-7,12-14,28,30H,8-11,15H2,1-3H3,(H,27,31);1H. The number of carbonyl (C=O) groups is 2. The van der Waals surface area contributed by atoms with Crippen LogP contribution in [0.2, 0.25) is 0 Å². The molecule has 3 aromatic rings. The molecule has 2 amide bonds. The van der Waals surface area contributed by atoms with Crippen LogP contribution in [0.3, 0.4) is 0 Å². The van der Waals surface area contributed by atoms with Crippen LogP contribution in [0, 0.1) is 0 Å². The molecular weight excluding hydrogens is 434 g/mol. The third kappa shape index (κ3) is 3.68. The number of hydrogen-bond donors (Lipinski definition) is 3. The molecule has 3 N–H and O–H groups in total. The monoisotopic (exact) mass is 465 g/mol. The number of amides is 2. The van der Waals surface area contributed by atoms with E-state index in [9.17, 15) is 9.59 Å². The van der Waals surface area contributed by atoms with Crippen molar-refractivity contribution >= 4 is 28.4 Å². The number of anilines is 1. The van der Waals surface area contributed by atoms with Crippen LogP contribution in [-0.2, 0) is 20.4 Å². The van der Waals surface area contributed by atoms with E-state index in [0.29, 0.717) is 17.2 Å². The quantitative estimate of drug-likeness (QED) is 0.495. The highest BCUT2D eigenvalue weighted by Crippen LogP contribution is 2.51. The van der Waals surface area contributed by atoms with E-state index in [1.54, 1.807) is 7.05 Å². The summed E-state index contributed by atoms with van der Waals surface area (Å²) < 4.78 is 10.9. The van der Waals surface area contributed by atoms with Crippen LogP contribution in [0.15, 0.2) is 42.5 Å². The van der Waals surface area contributed by atoms with Gasteiger partial charge in [-0.1, -0.05) is 6.07 Å². The number of aromatic amines is 1. The van der Waals surface area contributed by atoms with Gasteiger partial charge >= 0.3 is 0 Å². The van der Waals surface area contributed by atoms with Gasteiger partial charge in [-0.2, -0.15) is 0 Å². The minimum absolute atomic E-state index is 0. The van der Waals surface area contributed by atoms with Crippen LogP contribution in [-0.4, -0.2) is 53.8 Å². The summed E-state index contributed by atoms with van der Waals surface area (Å²) in [6, 6.07) is 13.3. The maximum absolute atomic E-state index is 13.3. The number of aromatic nitrogens is 1. The molecule has 1 aliphatic carbocycles. The Kier molecular flexibility index (Phi) is 5.28. The Morgan fingerprint density at radius 2 is 1.91 bits per heavy atom. The van der Waals surface area contributed by atoms with Gasteiger partial charge in [0, 0.05) is 37.3 Å². The predicted octanol–water partition coefficient (Wildman–Crippen LogP) is 3.54. The number of aliphatic hydroxyl groups excluding tert-OH is 1. The highest BCUT2D eigenvalue weighted by atomic mass is 16.7. The zero-order valence-corrected chi connectivity index (χ0v) is 19.6. The number of hydrogen-bond acceptors (Lipinski definition) is 5. The summed E-state index contributed by atoms with van der Waals surface area (Å²) >= 11 is 0. The van der Waals surface area contributed by atoms with Gasteiger partial charge in [0.05, 0.1) is 17.4 Å². The second-order valence-electron chi connectivity index (χ2n) is 9.66. The van der Waals surface area contributed by atoms with Crippen LogP contribution in [0.1, 0.15) is 39.4 Å². The average molecular weight is 466 g/mol. The largest absolute Gasteiger partial charge is 0.454 e. The number of fused-ring (bicyclic) bond motifs is 2. The highest BCUT2D eigenvalue weighted by Gasteiger charge is 2.51. The third-order valence-corrected chi connectivity index (χ3v) is 6.98. The van der Waals surface area contributed by atoms with E-state index >= 15 is 0 Å². The maximum Gasteiger partial charge on any atom is 0.235 e. The first-order chi connectivity index (χ1) is 16.2. The molecule has 8 nitrogen and oxygen atoms in total. The fourth-order valence-corrected chi connectivity index (χ4v) is 4.61. The van der Waals surface area contributed by atoms with E-state index in [4.69, 9.17) is 14.6 Å². The number of benzene rings is 2. The van der Waals surface area contributed by atoms with Crippen molar-refractivity contribution in [3.8, 4) is 11.5 Å². The van der Waals surface area contributed by atoms with E-state index in [0.717, 1.165) is 35.0 Å². The summed E-state index contributed by atoms with van der Waals surface area (Å²) in [6.07, 6.45) is 1.57. The minimum atomic E-state index is -0.788. The first kappa shape index (κ1) is 22.3. The van der Waals surface area contributed by atoms with Gasteiger partial charge in [0.15, 0.2) is 11.5 Å². The molecule has 0 spiro atoms. The van der Waals surface area contributed by atoms with Crippen LogP contribution in [0.5, 0.6) is 11.5 Å².